The van der Waals surface area contributed by atoms with E-state index in [2.05, 4.69) is 15.7 Å². The number of likely N-dealkylation sites (N-methyl/N-ethyl adjacent to an activating group) is 1. The van der Waals surface area contributed by atoms with Crippen molar-refractivity contribution in [3.05, 3.63) is 54.4 Å². The number of nitrogens with zero attached hydrogens (tertiary/aromatic N) is 3. The van der Waals surface area contributed by atoms with Crippen molar-refractivity contribution in [2.45, 2.75) is 25.4 Å². The molecule has 0 spiro atoms. The van der Waals surface area contributed by atoms with Crippen LogP contribution in [0.25, 0.3) is 10.8 Å². The number of aromatic hydroxyl groups is 1. The molecule has 4 rings (SSSR count). The first-order valence-electron chi connectivity index (χ1n) is 10.0. The summed E-state index contributed by atoms with van der Waals surface area (Å²) in [6.45, 7) is 0.473. The molecule has 1 aliphatic heterocycles. The Kier molecular flexibility index (Phi) is 5.57. The van der Waals surface area contributed by atoms with Crippen LogP contribution < -0.4 is 10.6 Å². The van der Waals surface area contributed by atoms with Crippen LogP contribution in [0.15, 0.2) is 48.8 Å². The van der Waals surface area contributed by atoms with Gasteiger partial charge in [-0.3, -0.25) is 19.1 Å². The number of phenols is 1. The molecule has 9 nitrogen and oxygen atoms in total. The first-order chi connectivity index (χ1) is 15.0. The third-order valence-electron chi connectivity index (χ3n) is 5.43. The van der Waals surface area contributed by atoms with Crippen molar-refractivity contribution in [1.29, 1.82) is 0 Å². The number of anilines is 1. The third-order valence-corrected chi connectivity index (χ3v) is 5.43. The summed E-state index contributed by atoms with van der Waals surface area (Å²) in [6.07, 6.45) is 4.23. The molecular weight excluding hydrogens is 398 g/mol. The maximum absolute atomic E-state index is 13.2. The fourth-order valence-electron chi connectivity index (χ4n) is 3.83. The lowest BCUT2D eigenvalue weighted by molar-refractivity contribution is -0.121. The fraction of sp³-hybridized carbons (Fsp3) is 0.273. The summed E-state index contributed by atoms with van der Waals surface area (Å²) in [5.41, 5.74) is 0.624. The van der Waals surface area contributed by atoms with E-state index in [1.165, 1.54) is 22.8 Å². The molecule has 2 heterocycles. The first kappa shape index (κ1) is 20.4. The Morgan fingerprint density at radius 1 is 1.19 bits per heavy atom. The zero-order valence-corrected chi connectivity index (χ0v) is 17.0. The maximum Gasteiger partial charge on any atom is 0.258 e. The third kappa shape index (κ3) is 4.07. The van der Waals surface area contributed by atoms with Crippen LogP contribution in [-0.2, 0) is 16.1 Å². The highest BCUT2D eigenvalue weighted by Crippen LogP contribution is 2.31. The lowest BCUT2D eigenvalue weighted by Gasteiger charge is -2.24. The predicted octanol–water partition coefficient (Wildman–Crippen LogP) is 1.73. The number of phenolic OH excluding ortho intramolecular Hbond substituents is 1. The van der Waals surface area contributed by atoms with E-state index in [0.717, 1.165) is 5.39 Å². The predicted molar refractivity (Wildman–Crippen MR) is 115 cm³/mol. The quantitative estimate of drug-likeness (QED) is 0.580. The largest absolute Gasteiger partial charge is 0.506 e. The van der Waals surface area contributed by atoms with Crippen molar-refractivity contribution >= 4 is 34.2 Å². The van der Waals surface area contributed by atoms with Gasteiger partial charge in [0.25, 0.3) is 5.91 Å². The van der Waals surface area contributed by atoms with Crippen molar-refractivity contribution in [2.75, 3.05) is 18.9 Å². The van der Waals surface area contributed by atoms with E-state index in [9.17, 15) is 19.5 Å². The van der Waals surface area contributed by atoms with Crippen molar-refractivity contribution in [1.82, 2.24) is 20.0 Å². The van der Waals surface area contributed by atoms with Gasteiger partial charge in [-0.25, -0.2) is 0 Å². The van der Waals surface area contributed by atoms with E-state index in [0.29, 0.717) is 30.5 Å². The van der Waals surface area contributed by atoms with E-state index in [1.54, 1.807) is 30.5 Å². The van der Waals surface area contributed by atoms with Gasteiger partial charge in [0, 0.05) is 25.2 Å². The van der Waals surface area contributed by atoms with Crippen LogP contribution in [0, 0.1) is 0 Å². The number of likely N-dealkylation sites (tertiary alicyclic amines) is 1. The normalized spacial score (nSPS) is 15.8. The Morgan fingerprint density at radius 2 is 2.00 bits per heavy atom. The summed E-state index contributed by atoms with van der Waals surface area (Å²) < 4.78 is 1.42. The van der Waals surface area contributed by atoms with E-state index >= 15 is 0 Å². The minimum absolute atomic E-state index is 0.0433. The molecule has 1 aliphatic rings. The second-order valence-electron chi connectivity index (χ2n) is 7.43. The molecule has 1 fully saturated rings. The highest BCUT2D eigenvalue weighted by atomic mass is 16.3. The molecule has 3 aromatic rings. The molecule has 160 valence electrons. The Bertz CT molecular complexity index is 1160. The lowest BCUT2D eigenvalue weighted by atomic mass is 10.0. The van der Waals surface area contributed by atoms with E-state index in [4.69, 9.17) is 0 Å². The highest BCUT2D eigenvalue weighted by Gasteiger charge is 2.35. The molecule has 1 unspecified atom stereocenters. The number of nitrogens with one attached hydrogen (secondary N) is 2. The number of fused-ring (bicyclic) bond motifs is 1. The maximum atomic E-state index is 13.2. The van der Waals surface area contributed by atoms with Gasteiger partial charge >= 0.3 is 0 Å². The molecule has 3 N–H and O–H groups in total. The molecule has 3 amide bonds. The molecule has 0 bridgehead atoms. The van der Waals surface area contributed by atoms with Crippen LogP contribution in [0.1, 0.15) is 23.2 Å². The smallest absolute Gasteiger partial charge is 0.258 e. The molecule has 1 atom stereocenters. The fourth-order valence-corrected chi connectivity index (χ4v) is 3.83. The van der Waals surface area contributed by atoms with Crippen LogP contribution in [-0.4, -0.2) is 57.1 Å². The molecule has 31 heavy (non-hydrogen) atoms. The van der Waals surface area contributed by atoms with Gasteiger partial charge in [0.2, 0.25) is 11.8 Å². The Labute approximate surface area is 178 Å². The topological polar surface area (TPSA) is 117 Å². The summed E-state index contributed by atoms with van der Waals surface area (Å²) >= 11 is 0. The number of carbonyl (C=O) groups excluding carboxylic acids is 3. The number of benzene rings is 2. The van der Waals surface area contributed by atoms with Gasteiger partial charge in [-0.15, -0.1) is 0 Å². The number of amides is 3. The summed E-state index contributed by atoms with van der Waals surface area (Å²) in [6, 6.07) is 10.0. The van der Waals surface area contributed by atoms with Gasteiger partial charge in [0.15, 0.2) is 0 Å². The zero-order valence-electron chi connectivity index (χ0n) is 17.0. The second kappa shape index (κ2) is 8.47. The molecule has 2 aromatic carbocycles. The number of hydrogen-bond donors (Lipinski definition) is 3. The lowest BCUT2D eigenvalue weighted by Crippen LogP contribution is -2.43. The molecule has 1 saturated heterocycles. The zero-order chi connectivity index (χ0) is 22.0. The molecule has 0 aliphatic carbocycles. The standard InChI is InChI=1S/C22H23N5O4/c1-23-19(28)13-26-12-15(11-24-26)25-21(30)18-7-4-10-27(18)22(31)17-9-8-14-5-2-3-6-16(14)20(17)29/h2-3,5-6,8-9,11-12,18,29H,4,7,10,13H2,1H3,(H,23,28)(H,25,30). The van der Waals surface area contributed by atoms with Gasteiger partial charge in [0.1, 0.15) is 18.3 Å². The van der Waals surface area contributed by atoms with Crippen LogP contribution in [0.2, 0.25) is 0 Å². The van der Waals surface area contributed by atoms with Crippen LogP contribution in [0.4, 0.5) is 5.69 Å². The van der Waals surface area contributed by atoms with E-state index in [1.807, 2.05) is 12.1 Å². The molecule has 9 heteroatoms. The van der Waals surface area contributed by atoms with Crippen LogP contribution in [0.5, 0.6) is 5.75 Å². The number of rotatable bonds is 5. The Morgan fingerprint density at radius 3 is 2.81 bits per heavy atom. The van der Waals surface area contributed by atoms with Crippen LogP contribution >= 0.6 is 0 Å². The second-order valence-corrected chi connectivity index (χ2v) is 7.43. The SMILES string of the molecule is CNC(=O)Cn1cc(NC(=O)C2CCCN2C(=O)c2ccc3ccccc3c2O)cn1. The van der Waals surface area contributed by atoms with Crippen molar-refractivity contribution in [3.63, 3.8) is 0 Å². The van der Waals surface area contributed by atoms with Crippen LogP contribution in [0.3, 0.4) is 0 Å². The monoisotopic (exact) mass is 421 g/mol. The highest BCUT2D eigenvalue weighted by molar-refractivity contribution is 6.06. The van der Waals surface area contributed by atoms with E-state index < -0.39 is 6.04 Å². The van der Waals surface area contributed by atoms with Gasteiger partial charge in [-0.2, -0.15) is 5.10 Å². The van der Waals surface area contributed by atoms with Crippen molar-refractivity contribution in [3.8, 4) is 5.75 Å². The van der Waals surface area contributed by atoms with Gasteiger partial charge < -0.3 is 20.6 Å². The minimum Gasteiger partial charge on any atom is -0.506 e. The summed E-state index contributed by atoms with van der Waals surface area (Å²) in [4.78, 5) is 39.0. The van der Waals surface area contributed by atoms with Gasteiger partial charge in [-0.05, 0) is 24.3 Å². The van der Waals surface area contributed by atoms with Crippen molar-refractivity contribution in [2.24, 2.45) is 0 Å². The number of hydrogen-bond acceptors (Lipinski definition) is 5. The molecular formula is C22H23N5O4. The van der Waals surface area contributed by atoms with Gasteiger partial charge in [-0.1, -0.05) is 30.3 Å². The molecule has 0 radical (unpaired) electrons. The Hall–Kier alpha value is -3.88. The molecule has 0 saturated carbocycles. The average molecular weight is 421 g/mol. The number of carbonyl (C=O) groups is 3. The first-order valence-corrected chi connectivity index (χ1v) is 10.0. The summed E-state index contributed by atoms with van der Waals surface area (Å²) in [5, 5.41) is 21.4. The van der Waals surface area contributed by atoms with Crippen molar-refractivity contribution < 1.29 is 19.5 Å². The van der Waals surface area contributed by atoms with Gasteiger partial charge in [0.05, 0.1) is 17.4 Å². The summed E-state index contributed by atoms with van der Waals surface area (Å²) in [7, 11) is 1.54. The average Bonchev–Trinajstić information content (AvgIpc) is 3.43. The number of aromatic nitrogens is 2. The minimum atomic E-state index is -0.652. The van der Waals surface area contributed by atoms with E-state index in [-0.39, 0.29) is 35.6 Å². The Balaban J connectivity index is 1.50. The summed E-state index contributed by atoms with van der Waals surface area (Å²) in [5.74, 6) is -0.991. The molecule has 1 aromatic heterocycles.